The molecule has 13 heavy (non-hydrogen) atoms. The van der Waals surface area contributed by atoms with Crippen molar-refractivity contribution >= 4 is 0 Å². The van der Waals surface area contributed by atoms with Gasteiger partial charge in [-0.2, -0.15) is 0 Å². The Hall–Kier alpha value is -1.13. The molecule has 72 valence electrons. The molecule has 4 heteroatoms. The Labute approximate surface area is 75.9 Å². The van der Waals surface area contributed by atoms with Crippen LogP contribution in [0.5, 0.6) is 5.75 Å². The predicted octanol–water partition coefficient (Wildman–Crippen LogP) is 1.17. The van der Waals surface area contributed by atoms with E-state index in [9.17, 15) is 4.39 Å². The summed E-state index contributed by atoms with van der Waals surface area (Å²) in [4.78, 5) is 0. The molecule has 1 atom stereocenters. The van der Waals surface area contributed by atoms with Crippen molar-refractivity contribution in [2.45, 2.75) is 13.2 Å². The summed E-state index contributed by atoms with van der Waals surface area (Å²) in [5.41, 5.74) is 5.49. The maximum atomic E-state index is 13.1. The van der Waals surface area contributed by atoms with E-state index in [0.29, 0.717) is 12.2 Å². The monoisotopic (exact) mass is 185 g/mol. The minimum atomic E-state index is -1.15. The molecule has 0 amide bonds. The summed E-state index contributed by atoms with van der Waals surface area (Å²) in [7, 11) is 0. The topological polar surface area (TPSA) is 55.5 Å². The molecule has 0 saturated heterocycles. The summed E-state index contributed by atoms with van der Waals surface area (Å²) in [6.45, 7) is 2.17. The van der Waals surface area contributed by atoms with Gasteiger partial charge in [-0.3, -0.25) is 0 Å². The molecule has 0 heterocycles. The highest BCUT2D eigenvalue weighted by Gasteiger charge is 2.07. The van der Waals surface area contributed by atoms with Gasteiger partial charge >= 0.3 is 0 Å². The van der Waals surface area contributed by atoms with Gasteiger partial charge < -0.3 is 15.6 Å². The van der Waals surface area contributed by atoms with Gasteiger partial charge in [0.2, 0.25) is 0 Å². The van der Waals surface area contributed by atoms with E-state index in [1.165, 1.54) is 12.1 Å². The predicted molar refractivity (Wildman–Crippen MR) is 46.7 cm³/mol. The summed E-state index contributed by atoms with van der Waals surface area (Å²) < 4.78 is 18.1. The second kappa shape index (κ2) is 4.20. The SMILES string of the molecule is CCOc1ccc(C(N)O)cc1F. The van der Waals surface area contributed by atoms with Gasteiger partial charge in [-0.1, -0.05) is 6.07 Å². The van der Waals surface area contributed by atoms with Crippen LogP contribution in [0.1, 0.15) is 18.7 Å². The molecule has 1 unspecified atom stereocenters. The second-order valence-electron chi connectivity index (χ2n) is 2.57. The lowest BCUT2D eigenvalue weighted by Gasteiger charge is -2.08. The number of halogens is 1. The Balaban J connectivity index is 2.92. The van der Waals surface area contributed by atoms with Crippen LogP contribution in [0.15, 0.2) is 18.2 Å². The van der Waals surface area contributed by atoms with Crippen LogP contribution < -0.4 is 10.5 Å². The standard InChI is InChI=1S/C9H12FNO2/c1-2-13-8-4-3-6(9(11)12)5-7(8)10/h3-5,9,12H,2,11H2,1H3. The van der Waals surface area contributed by atoms with Crippen LogP contribution in [0.2, 0.25) is 0 Å². The van der Waals surface area contributed by atoms with E-state index in [1.807, 2.05) is 0 Å². The molecule has 0 aromatic heterocycles. The first-order valence-corrected chi connectivity index (χ1v) is 4.01. The Kier molecular flexibility index (Phi) is 3.22. The van der Waals surface area contributed by atoms with Crippen LogP contribution in [-0.2, 0) is 0 Å². The molecule has 0 fully saturated rings. The maximum absolute atomic E-state index is 13.1. The van der Waals surface area contributed by atoms with E-state index in [-0.39, 0.29) is 5.75 Å². The van der Waals surface area contributed by atoms with Crippen LogP contribution in [0.3, 0.4) is 0 Å². The van der Waals surface area contributed by atoms with Crippen LogP contribution in [0, 0.1) is 5.82 Å². The molecule has 0 bridgehead atoms. The largest absolute Gasteiger partial charge is 0.491 e. The van der Waals surface area contributed by atoms with E-state index < -0.39 is 12.0 Å². The van der Waals surface area contributed by atoms with Gasteiger partial charge in [-0.25, -0.2) is 4.39 Å². The van der Waals surface area contributed by atoms with Crippen LogP contribution in [0.4, 0.5) is 4.39 Å². The Morgan fingerprint density at radius 2 is 2.31 bits per heavy atom. The van der Waals surface area contributed by atoms with Gasteiger partial charge in [0.1, 0.15) is 6.23 Å². The van der Waals surface area contributed by atoms with Crippen molar-refractivity contribution in [1.29, 1.82) is 0 Å². The van der Waals surface area contributed by atoms with E-state index in [2.05, 4.69) is 0 Å². The first kappa shape index (κ1) is 9.95. The number of benzene rings is 1. The summed E-state index contributed by atoms with van der Waals surface area (Å²) in [5.74, 6) is -0.337. The van der Waals surface area contributed by atoms with E-state index in [4.69, 9.17) is 15.6 Å². The van der Waals surface area contributed by atoms with Crippen LogP contribution in [-0.4, -0.2) is 11.7 Å². The lowest BCUT2D eigenvalue weighted by Crippen LogP contribution is -2.09. The normalized spacial score (nSPS) is 12.6. The van der Waals surface area contributed by atoms with Crippen molar-refractivity contribution < 1.29 is 14.2 Å². The number of nitrogens with two attached hydrogens (primary N) is 1. The van der Waals surface area contributed by atoms with Crippen molar-refractivity contribution in [1.82, 2.24) is 0 Å². The van der Waals surface area contributed by atoms with Gasteiger partial charge in [0.25, 0.3) is 0 Å². The number of aliphatic hydroxyl groups excluding tert-OH is 1. The van der Waals surface area contributed by atoms with Crippen LogP contribution >= 0.6 is 0 Å². The molecule has 3 nitrogen and oxygen atoms in total. The smallest absolute Gasteiger partial charge is 0.165 e. The van der Waals surface area contributed by atoms with Crippen molar-refractivity contribution in [2.75, 3.05) is 6.61 Å². The number of rotatable bonds is 3. The van der Waals surface area contributed by atoms with E-state index in [0.717, 1.165) is 6.07 Å². The molecule has 0 aliphatic carbocycles. The zero-order valence-corrected chi connectivity index (χ0v) is 7.33. The molecule has 1 rings (SSSR count). The first-order valence-electron chi connectivity index (χ1n) is 4.01. The van der Waals surface area contributed by atoms with Gasteiger partial charge in [0.15, 0.2) is 11.6 Å². The maximum Gasteiger partial charge on any atom is 0.165 e. The number of hydrogen-bond donors (Lipinski definition) is 2. The number of hydrogen-bond acceptors (Lipinski definition) is 3. The Bertz CT molecular complexity index is 289. The summed E-state index contributed by atoms with van der Waals surface area (Å²) in [5, 5.41) is 8.94. The fourth-order valence-corrected chi connectivity index (χ4v) is 0.974. The third-order valence-corrected chi connectivity index (χ3v) is 1.60. The lowest BCUT2D eigenvalue weighted by molar-refractivity contribution is 0.185. The second-order valence-corrected chi connectivity index (χ2v) is 2.57. The molecule has 1 aromatic rings. The molecule has 0 saturated carbocycles. The van der Waals surface area contributed by atoms with Gasteiger partial charge in [0.05, 0.1) is 6.61 Å². The summed E-state index contributed by atoms with van der Waals surface area (Å²) >= 11 is 0. The minimum absolute atomic E-state index is 0.173. The first-order chi connectivity index (χ1) is 6.15. The molecular weight excluding hydrogens is 173 g/mol. The molecule has 0 spiro atoms. The third kappa shape index (κ3) is 2.40. The molecule has 1 aromatic carbocycles. The minimum Gasteiger partial charge on any atom is -0.491 e. The fourth-order valence-electron chi connectivity index (χ4n) is 0.974. The van der Waals surface area contributed by atoms with Crippen molar-refractivity contribution in [3.63, 3.8) is 0 Å². The quantitative estimate of drug-likeness (QED) is 0.695. The Morgan fingerprint density at radius 1 is 1.62 bits per heavy atom. The highest BCUT2D eigenvalue weighted by molar-refractivity contribution is 5.30. The third-order valence-electron chi connectivity index (χ3n) is 1.60. The molecule has 0 radical (unpaired) electrons. The molecule has 0 aliphatic heterocycles. The number of aliphatic hydroxyl groups is 1. The average molecular weight is 185 g/mol. The lowest BCUT2D eigenvalue weighted by atomic mass is 10.2. The highest BCUT2D eigenvalue weighted by Crippen LogP contribution is 2.20. The summed E-state index contributed by atoms with van der Waals surface area (Å²) in [6, 6.07) is 4.14. The zero-order valence-electron chi connectivity index (χ0n) is 7.33. The molecule has 0 aliphatic rings. The van der Waals surface area contributed by atoms with Gasteiger partial charge in [-0.15, -0.1) is 0 Å². The van der Waals surface area contributed by atoms with E-state index in [1.54, 1.807) is 6.92 Å². The fraction of sp³-hybridized carbons (Fsp3) is 0.333. The van der Waals surface area contributed by atoms with Gasteiger partial charge in [-0.05, 0) is 24.6 Å². The van der Waals surface area contributed by atoms with Crippen molar-refractivity contribution in [2.24, 2.45) is 5.73 Å². The Morgan fingerprint density at radius 3 is 2.77 bits per heavy atom. The molecule has 3 N–H and O–H groups in total. The van der Waals surface area contributed by atoms with Crippen molar-refractivity contribution in [3.8, 4) is 5.75 Å². The zero-order chi connectivity index (χ0) is 9.84. The van der Waals surface area contributed by atoms with Crippen molar-refractivity contribution in [3.05, 3.63) is 29.6 Å². The van der Waals surface area contributed by atoms with Crippen LogP contribution in [0.25, 0.3) is 0 Å². The van der Waals surface area contributed by atoms with Gasteiger partial charge in [0, 0.05) is 0 Å². The number of ether oxygens (including phenoxy) is 1. The average Bonchev–Trinajstić information content (AvgIpc) is 2.08. The summed E-state index contributed by atoms with van der Waals surface area (Å²) in [6.07, 6.45) is -1.15. The highest BCUT2D eigenvalue weighted by atomic mass is 19.1. The molecular formula is C9H12FNO2. The van der Waals surface area contributed by atoms with E-state index >= 15 is 0 Å².